The van der Waals surface area contributed by atoms with Gasteiger partial charge in [-0.15, -0.1) is 0 Å². The molecule has 1 aliphatic rings. The highest BCUT2D eigenvalue weighted by molar-refractivity contribution is 6.21. The summed E-state index contributed by atoms with van der Waals surface area (Å²) in [5.74, 6) is -0.483. The number of fused-ring (bicyclic) bond motifs is 1. The zero-order valence-corrected chi connectivity index (χ0v) is 21.9. The lowest BCUT2D eigenvalue weighted by Gasteiger charge is -2.38. The summed E-state index contributed by atoms with van der Waals surface area (Å²) in [7, 11) is 0. The molecule has 8 nitrogen and oxygen atoms in total. The SMILES string of the molecule is [N-]=[N+]=Nc1nc(/C=C/C[15N]2C(=O)c3ccccc3C2=O)cn1C(c1ccccc1)(c1ccccc1)c1ccccc1. The van der Waals surface area contributed by atoms with Crippen molar-refractivity contribution in [3.8, 4) is 0 Å². The Kier molecular flexibility index (Phi) is 6.73. The van der Waals surface area contributed by atoms with E-state index in [0.717, 1.165) is 16.7 Å². The van der Waals surface area contributed by atoms with E-state index < -0.39 is 5.54 Å². The van der Waals surface area contributed by atoms with E-state index in [0.29, 0.717) is 16.8 Å². The summed E-state index contributed by atoms with van der Waals surface area (Å²) in [6.45, 7) is 0.0806. The summed E-state index contributed by atoms with van der Waals surface area (Å²) < 4.78 is 1.88. The van der Waals surface area contributed by atoms with Gasteiger partial charge >= 0.3 is 0 Å². The van der Waals surface area contributed by atoms with Crippen LogP contribution < -0.4 is 0 Å². The third kappa shape index (κ3) is 4.38. The summed E-state index contributed by atoms with van der Waals surface area (Å²) in [5.41, 5.74) is 12.7. The molecule has 41 heavy (non-hydrogen) atoms. The number of amides is 2. The van der Waals surface area contributed by atoms with Crippen LogP contribution in [0.25, 0.3) is 16.5 Å². The number of aromatic nitrogens is 2. The zero-order chi connectivity index (χ0) is 28.2. The molecule has 2 amide bonds. The number of benzene rings is 4. The van der Waals surface area contributed by atoms with Gasteiger partial charge in [-0.3, -0.25) is 14.5 Å². The lowest BCUT2D eigenvalue weighted by Crippen LogP contribution is -2.37. The van der Waals surface area contributed by atoms with Crippen molar-refractivity contribution in [3.63, 3.8) is 0 Å². The highest BCUT2D eigenvalue weighted by Crippen LogP contribution is 2.43. The second kappa shape index (κ2) is 10.8. The molecule has 0 unspecified atom stereocenters. The van der Waals surface area contributed by atoms with Gasteiger partial charge in [-0.1, -0.05) is 109 Å². The number of nitrogens with zero attached hydrogens (tertiary/aromatic N) is 6. The minimum absolute atomic E-state index is 0.0806. The summed E-state index contributed by atoms with van der Waals surface area (Å²) >= 11 is 0. The number of imide groups is 1. The molecular formula is C33H24N6O2. The number of rotatable bonds is 8. The van der Waals surface area contributed by atoms with Gasteiger partial charge in [0.05, 0.1) is 16.8 Å². The average Bonchev–Trinajstić information content (AvgIpc) is 3.53. The van der Waals surface area contributed by atoms with Gasteiger partial charge in [0.25, 0.3) is 11.8 Å². The smallest absolute Gasteiger partial charge is 0.261 e. The van der Waals surface area contributed by atoms with Crippen molar-refractivity contribution < 1.29 is 9.59 Å². The fourth-order valence-corrected chi connectivity index (χ4v) is 5.47. The Labute approximate surface area is 236 Å². The fourth-order valence-electron chi connectivity index (χ4n) is 5.47. The van der Waals surface area contributed by atoms with Crippen molar-refractivity contribution in [2.24, 2.45) is 5.11 Å². The van der Waals surface area contributed by atoms with E-state index in [1.54, 1.807) is 36.4 Å². The van der Waals surface area contributed by atoms with Crippen molar-refractivity contribution >= 4 is 23.8 Å². The van der Waals surface area contributed by atoms with E-state index in [1.165, 1.54) is 4.90 Å². The van der Waals surface area contributed by atoms with Crippen LogP contribution in [0.5, 0.6) is 0 Å². The van der Waals surface area contributed by atoms with E-state index in [9.17, 15) is 15.1 Å². The van der Waals surface area contributed by atoms with Crippen LogP contribution in [0.4, 0.5) is 5.95 Å². The third-order valence-corrected chi connectivity index (χ3v) is 7.23. The van der Waals surface area contributed by atoms with Gasteiger partial charge in [0, 0.05) is 17.7 Å². The fraction of sp³-hybridized carbons (Fsp3) is 0.0606. The Morgan fingerprint density at radius 3 is 1.66 bits per heavy atom. The molecule has 5 aromatic rings. The summed E-state index contributed by atoms with van der Waals surface area (Å²) in [5, 5.41) is 3.99. The van der Waals surface area contributed by atoms with Crippen LogP contribution in [0.1, 0.15) is 43.1 Å². The van der Waals surface area contributed by atoms with Crippen LogP contribution in [-0.4, -0.2) is 32.8 Å². The normalized spacial score (nSPS) is 12.9. The zero-order valence-electron chi connectivity index (χ0n) is 21.9. The molecule has 0 N–H and O–H groups in total. The van der Waals surface area contributed by atoms with Crippen LogP contribution in [-0.2, 0) is 5.54 Å². The summed E-state index contributed by atoms with van der Waals surface area (Å²) in [4.78, 5) is 34.5. The number of azide groups is 1. The first kappa shape index (κ1) is 25.6. The largest absolute Gasteiger partial charge is 0.310 e. The van der Waals surface area contributed by atoms with Crippen LogP contribution >= 0.6 is 0 Å². The predicted molar refractivity (Wildman–Crippen MR) is 156 cm³/mol. The number of imidazole rings is 1. The van der Waals surface area contributed by atoms with Gasteiger partial charge in [0.15, 0.2) is 5.95 Å². The second-order valence-electron chi connectivity index (χ2n) is 9.50. The molecule has 1 aromatic heterocycles. The maximum Gasteiger partial charge on any atom is 0.261 e. The van der Waals surface area contributed by atoms with E-state index in [-0.39, 0.29) is 24.3 Å². The minimum atomic E-state index is -0.922. The molecule has 4 aromatic carbocycles. The topological polar surface area (TPSA) is 104 Å². The molecule has 2 heterocycles. The first-order chi connectivity index (χ1) is 20.1. The number of hydrogen-bond acceptors (Lipinski definition) is 4. The van der Waals surface area contributed by atoms with E-state index >= 15 is 0 Å². The van der Waals surface area contributed by atoms with E-state index in [1.807, 2.05) is 102 Å². The van der Waals surface area contributed by atoms with Gasteiger partial charge in [0.2, 0.25) is 0 Å². The van der Waals surface area contributed by atoms with Crippen LogP contribution in [0, 0.1) is 0 Å². The second-order valence-corrected chi connectivity index (χ2v) is 9.50. The molecule has 0 fully saturated rings. The van der Waals surface area contributed by atoms with Crippen LogP contribution in [0.15, 0.2) is 133 Å². The Bertz CT molecular complexity index is 1680. The molecule has 6 rings (SSSR count). The van der Waals surface area contributed by atoms with Crippen molar-refractivity contribution in [1.82, 2.24) is 14.5 Å². The summed E-state index contributed by atoms with van der Waals surface area (Å²) in [6, 6.07) is 36.8. The molecule has 0 atom stereocenters. The molecule has 8 heteroatoms. The lowest BCUT2D eigenvalue weighted by atomic mass is 9.76. The van der Waals surface area contributed by atoms with Gasteiger partial charge in [-0.05, 0) is 45.5 Å². The molecule has 1 aliphatic heterocycles. The number of carbonyl (C=O) groups excluding carboxylic acids is 2. The van der Waals surface area contributed by atoms with E-state index in [4.69, 9.17) is 0 Å². The standard InChI is InChI=1S/C33H24N6O2/c34-37-36-32-35-27(19-12-22-38-30(40)28-20-10-11-21-29(28)31(38)41)23-39(32)33(24-13-4-1-5-14-24,25-15-6-2-7-16-25)26-17-8-3-9-18-26/h1-21,23H,22H2/b19-12+/i38+1. The Balaban J connectivity index is 1.47. The van der Waals surface area contributed by atoms with Crippen molar-refractivity contribution in [1.29, 1.82) is 0 Å². The molecule has 0 saturated heterocycles. The molecule has 0 radical (unpaired) electrons. The molecular weight excluding hydrogens is 513 g/mol. The highest BCUT2D eigenvalue weighted by Gasteiger charge is 2.40. The molecule has 0 aliphatic carbocycles. The van der Waals surface area contributed by atoms with Gasteiger partial charge in [0.1, 0.15) is 5.54 Å². The Hall–Kier alpha value is -5.72. The molecule has 0 spiro atoms. The van der Waals surface area contributed by atoms with Crippen LogP contribution in [0.2, 0.25) is 0 Å². The van der Waals surface area contributed by atoms with E-state index in [2.05, 4.69) is 15.0 Å². The van der Waals surface area contributed by atoms with Crippen molar-refractivity contribution in [3.05, 3.63) is 171 Å². The average molecular weight is 538 g/mol. The van der Waals surface area contributed by atoms with Gasteiger partial charge in [-0.2, -0.15) is 0 Å². The maximum absolute atomic E-state index is 12.8. The third-order valence-electron chi connectivity index (χ3n) is 7.23. The number of hydrogen-bond donors (Lipinski definition) is 0. The first-order valence-electron chi connectivity index (χ1n) is 13.1. The minimum Gasteiger partial charge on any atom is -0.310 e. The van der Waals surface area contributed by atoms with Gasteiger partial charge < -0.3 is 4.57 Å². The number of carbonyl (C=O) groups is 2. The maximum atomic E-state index is 12.8. The van der Waals surface area contributed by atoms with Crippen LogP contribution in [0.3, 0.4) is 0 Å². The quantitative estimate of drug-likeness (QED) is 0.0533. The Morgan fingerprint density at radius 2 is 1.20 bits per heavy atom. The lowest BCUT2D eigenvalue weighted by molar-refractivity contribution is 0.0672. The monoisotopic (exact) mass is 537 g/mol. The predicted octanol–water partition coefficient (Wildman–Crippen LogP) is 6.97. The highest BCUT2D eigenvalue weighted by atomic mass is 16.3. The first-order valence-corrected chi connectivity index (χ1v) is 13.1. The molecule has 198 valence electrons. The van der Waals surface area contributed by atoms with Gasteiger partial charge in [-0.25, -0.2) is 4.98 Å². The molecule has 0 saturated carbocycles. The van der Waals surface area contributed by atoms with Crippen molar-refractivity contribution in [2.45, 2.75) is 5.54 Å². The summed E-state index contributed by atoms with van der Waals surface area (Å²) in [6.07, 6.45) is 5.27. The molecule has 0 bridgehead atoms. The van der Waals surface area contributed by atoms with Crippen molar-refractivity contribution in [2.75, 3.05) is 6.54 Å². The Morgan fingerprint density at radius 1 is 0.732 bits per heavy atom.